The summed E-state index contributed by atoms with van der Waals surface area (Å²) in [5.74, 6) is -0.347. The highest BCUT2D eigenvalue weighted by Gasteiger charge is 2.17. The molecule has 1 aromatic carbocycles. The first-order chi connectivity index (χ1) is 9.69. The molecular weight excluding hydrogens is 320 g/mol. The van der Waals surface area contributed by atoms with Gasteiger partial charge >= 0.3 is 5.97 Å². The minimum Gasteiger partial charge on any atom is -0.462 e. The first-order valence-corrected chi connectivity index (χ1v) is 7.46. The Morgan fingerprint density at radius 2 is 2.20 bits per heavy atom. The van der Waals surface area contributed by atoms with Gasteiger partial charge in [-0.15, -0.1) is 0 Å². The minimum absolute atomic E-state index is 0.347. The molecule has 0 spiro atoms. The number of carbonyl (C=O) groups excluding carboxylic acids is 1. The van der Waals surface area contributed by atoms with Gasteiger partial charge in [0.15, 0.2) is 0 Å². The lowest BCUT2D eigenvalue weighted by Gasteiger charge is -2.14. The molecule has 0 atom stereocenters. The third-order valence-corrected chi connectivity index (χ3v) is 3.54. The number of halogens is 1. The number of nitrogens with one attached hydrogen (secondary N) is 1. The maximum absolute atomic E-state index is 12.0. The number of esters is 1. The topological polar surface area (TPSA) is 51.2 Å². The van der Waals surface area contributed by atoms with Crippen LogP contribution >= 0.6 is 15.9 Å². The third kappa shape index (κ3) is 2.93. The second kappa shape index (κ2) is 6.70. The van der Waals surface area contributed by atoms with E-state index < -0.39 is 0 Å². The summed E-state index contributed by atoms with van der Waals surface area (Å²) in [5, 5.41) is 4.23. The van der Waals surface area contributed by atoms with Gasteiger partial charge in [-0.25, -0.2) is 4.79 Å². The van der Waals surface area contributed by atoms with E-state index in [-0.39, 0.29) is 5.97 Å². The average Bonchev–Trinajstić information content (AvgIpc) is 2.45. The zero-order valence-corrected chi connectivity index (χ0v) is 13.2. The number of fused-ring (bicyclic) bond motifs is 1. The number of nitrogens with zero attached hydrogens (tertiary/aromatic N) is 1. The van der Waals surface area contributed by atoms with Crippen LogP contribution in [0.4, 0.5) is 5.69 Å². The van der Waals surface area contributed by atoms with Gasteiger partial charge in [0.05, 0.1) is 17.8 Å². The number of anilines is 1. The molecule has 2 rings (SSSR count). The van der Waals surface area contributed by atoms with Crippen LogP contribution in [0.2, 0.25) is 0 Å². The van der Waals surface area contributed by atoms with Crippen LogP contribution in [0, 0.1) is 0 Å². The number of aromatic nitrogens is 1. The van der Waals surface area contributed by atoms with E-state index in [4.69, 9.17) is 4.74 Å². The molecule has 0 aliphatic heterocycles. The van der Waals surface area contributed by atoms with Crippen LogP contribution in [0.3, 0.4) is 0 Å². The highest BCUT2D eigenvalue weighted by Crippen LogP contribution is 2.30. The first-order valence-electron chi connectivity index (χ1n) is 6.67. The van der Waals surface area contributed by atoms with E-state index in [9.17, 15) is 4.79 Å². The van der Waals surface area contributed by atoms with Crippen LogP contribution in [-0.4, -0.2) is 24.1 Å². The molecule has 1 aromatic heterocycles. The Bertz CT molecular complexity index is 629. The van der Waals surface area contributed by atoms with Crippen molar-refractivity contribution in [2.45, 2.75) is 20.3 Å². The van der Waals surface area contributed by atoms with Crippen molar-refractivity contribution >= 4 is 38.5 Å². The number of para-hydroxylation sites is 1. The highest BCUT2D eigenvalue weighted by molar-refractivity contribution is 9.10. The van der Waals surface area contributed by atoms with E-state index in [0.717, 1.165) is 34.0 Å². The molecule has 0 fully saturated rings. The van der Waals surface area contributed by atoms with Gasteiger partial charge in [-0.2, -0.15) is 0 Å². The van der Waals surface area contributed by atoms with E-state index in [0.29, 0.717) is 12.2 Å². The summed E-state index contributed by atoms with van der Waals surface area (Å²) in [7, 11) is 0. The third-order valence-electron chi connectivity index (χ3n) is 2.90. The first kappa shape index (κ1) is 14.8. The summed E-state index contributed by atoms with van der Waals surface area (Å²) in [5.41, 5.74) is 2.10. The normalized spacial score (nSPS) is 10.6. The van der Waals surface area contributed by atoms with Crippen LogP contribution in [0.1, 0.15) is 30.6 Å². The van der Waals surface area contributed by atoms with E-state index in [2.05, 4.69) is 33.2 Å². The zero-order valence-electron chi connectivity index (χ0n) is 11.6. The van der Waals surface area contributed by atoms with Crippen molar-refractivity contribution in [1.29, 1.82) is 0 Å². The number of ether oxygens (including phenoxy) is 1. The Morgan fingerprint density at radius 3 is 2.90 bits per heavy atom. The largest absolute Gasteiger partial charge is 0.462 e. The summed E-state index contributed by atoms with van der Waals surface area (Å²) >= 11 is 3.49. The standard InChI is InChI=1S/C15H17BrN2O2/c1-3-8-17-13-10-6-5-7-12(16)14(10)18-9-11(13)15(19)20-4-2/h5-7,9H,3-4,8H2,1-2H3,(H,17,18). The molecule has 5 heteroatoms. The Hall–Kier alpha value is -1.62. The molecule has 0 aliphatic rings. The maximum atomic E-state index is 12.0. The lowest BCUT2D eigenvalue weighted by molar-refractivity contribution is 0.0527. The molecule has 2 aromatic rings. The lowest BCUT2D eigenvalue weighted by atomic mass is 10.1. The summed E-state index contributed by atoms with van der Waals surface area (Å²) in [6.45, 7) is 5.01. The summed E-state index contributed by atoms with van der Waals surface area (Å²) in [4.78, 5) is 16.4. The van der Waals surface area contributed by atoms with Crippen molar-refractivity contribution in [2.24, 2.45) is 0 Å². The molecular formula is C15H17BrN2O2. The number of carbonyl (C=O) groups is 1. The Labute approximate surface area is 126 Å². The van der Waals surface area contributed by atoms with Gasteiger partial charge in [-0.05, 0) is 35.3 Å². The monoisotopic (exact) mass is 336 g/mol. The van der Waals surface area contributed by atoms with Gasteiger partial charge in [0.2, 0.25) is 0 Å². The predicted octanol–water partition coefficient (Wildman–Crippen LogP) is 4.00. The van der Waals surface area contributed by atoms with Crippen molar-refractivity contribution in [3.8, 4) is 0 Å². The fourth-order valence-corrected chi connectivity index (χ4v) is 2.46. The van der Waals surface area contributed by atoms with Crippen molar-refractivity contribution in [2.75, 3.05) is 18.5 Å². The summed E-state index contributed by atoms with van der Waals surface area (Å²) in [6, 6.07) is 5.82. The van der Waals surface area contributed by atoms with E-state index in [1.54, 1.807) is 13.1 Å². The van der Waals surface area contributed by atoms with Crippen LogP contribution < -0.4 is 5.32 Å². The van der Waals surface area contributed by atoms with Crippen LogP contribution in [-0.2, 0) is 4.74 Å². The Kier molecular flexibility index (Phi) is 4.95. The number of benzene rings is 1. The fraction of sp³-hybridized carbons (Fsp3) is 0.333. The molecule has 20 heavy (non-hydrogen) atoms. The quantitative estimate of drug-likeness (QED) is 0.838. The maximum Gasteiger partial charge on any atom is 0.341 e. The predicted molar refractivity (Wildman–Crippen MR) is 84.2 cm³/mol. The van der Waals surface area contributed by atoms with Crippen molar-refractivity contribution in [3.63, 3.8) is 0 Å². The number of hydrogen-bond acceptors (Lipinski definition) is 4. The van der Waals surface area contributed by atoms with Crippen molar-refractivity contribution in [3.05, 3.63) is 34.4 Å². The molecule has 0 aliphatic carbocycles. The average molecular weight is 337 g/mol. The van der Waals surface area contributed by atoms with E-state index in [1.165, 1.54) is 0 Å². The van der Waals surface area contributed by atoms with E-state index in [1.807, 2.05) is 18.2 Å². The number of hydrogen-bond donors (Lipinski definition) is 1. The Morgan fingerprint density at radius 1 is 1.40 bits per heavy atom. The molecule has 0 saturated carbocycles. The molecule has 0 amide bonds. The molecule has 1 heterocycles. The van der Waals surface area contributed by atoms with Gasteiger partial charge in [0.25, 0.3) is 0 Å². The molecule has 0 unspecified atom stereocenters. The molecule has 4 nitrogen and oxygen atoms in total. The van der Waals surface area contributed by atoms with Gasteiger partial charge in [0.1, 0.15) is 5.56 Å². The molecule has 106 valence electrons. The second-order valence-electron chi connectivity index (χ2n) is 4.33. The molecule has 0 bridgehead atoms. The second-order valence-corrected chi connectivity index (χ2v) is 5.18. The van der Waals surface area contributed by atoms with Gasteiger partial charge in [0, 0.05) is 22.6 Å². The minimum atomic E-state index is -0.347. The highest BCUT2D eigenvalue weighted by atomic mass is 79.9. The molecule has 0 radical (unpaired) electrons. The van der Waals surface area contributed by atoms with E-state index >= 15 is 0 Å². The van der Waals surface area contributed by atoms with Crippen molar-refractivity contribution < 1.29 is 9.53 Å². The Balaban J connectivity index is 2.59. The number of rotatable bonds is 5. The number of pyridine rings is 1. The summed E-state index contributed by atoms with van der Waals surface area (Å²) in [6.07, 6.45) is 2.54. The lowest BCUT2D eigenvalue weighted by Crippen LogP contribution is -2.11. The van der Waals surface area contributed by atoms with Crippen LogP contribution in [0.25, 0.3) is 10.9 Å². The van der Waals surface area contributed by atoms with Crippen LogP contribution in [0.5, 0.6) is 0 Å². The molecule has 0 saturated heterocycles. The van der Waals surface area contributed by atoms with Crippen LogP contribution in [0.15, 0.2) is 28.9 Å². The smallest absolute Gasteiger partial charge is 0.341 e. The van der Waals surface area contributed by atoms with Gasteiger partial charge in [-0.3, -0.25) is 4.98 Å². The van der Waals surface area contributed by atoms with Crippen molar-refractivity contribution in [1.82, 2.24) is 4.98 Å². The molecule has 1 N–H and O–H groups in total. The summed E-state index contributed by atoms with van der Waals surface area (Å²) < 4.78 is 6.00. The zero-order chi connectivity index (χ0) is 14.5. The van der Waals surface area contributed by atoms with Gasteiger partial charge in [-0.1, -0.05) is 19.1 Å². The van der Waals surface area contributed by atoms with Gasteiger partial charge < -0.3 is 10.1 Å². The fourth-order valence-electron chi connectivity index (χ4n) is 1.99. The SMILES string of the molecule is CCCNc1c(C(=O)OCC)cnc2c(Br)cccc12.